The van der Waals surface area contributed by atoms with Crippen molar-refractivity contribution < 1.29 is 4.74 Å². The molecule has 0 radical (unpaired) electrons. The number of hydrogen-bond donors (Lipinski definition) is 1. The van der Waals surface area contributed by atoms with Crippen molar-refractivity contribution in [3.8, 4) is 5.75 Å². The number of rotatable bonds is 5. The van der Waals surface area contributed by atoms with Crippen molar-refractivity contribution in [3.63, 3.8) is 0 Å². The number of halogens is 3. The molecule has 0 saturated heterocycles. The van der Waals surface area contributed by atoms with Gasteiger partial charge in [-0.2, -0.15) is 0 Å². The van der Waals surface area contributed by atoms with Crippen LogP contribution >= 0.6 is 34.8 Å². The molecule has 2 rings (SSSR count). The number of benzene rings is 1. The fraction of sp³-hybridized carbons (Fsp3) is 0.600. The van der Waals surface area contributed by atoms with Crippen molar-refractivity contribution in [2.75, 3.05) is 13.7 Å². The van der Waals surface area contributed by atoms with Crippen molar-refractivity contribution in [2.24, 2.45) is 5.92 Å². The fourth-order valence-electron chi connectivity index (χ4n) is 2.83. The van der Waals surface area contributed by atoms with Crippen molar-refractivity contribution in [1.29, 1.82) is 0 Å². The van der Waals surface area contributed by atoms with Gasteiger partial charge in [0, 0.05) is 11.1 Å². The van der Waals surface area contributed by atoms with Gasteiger partial charge in [0.05, 0.1) is 10.0 Å². The number of ether oxygens (including phenoxy) is 1. The average molecular weight is 337 g/mol. The molecule has 0 aliphatic heterocycles. The van der Waals surface area contributed by atoms with Crippen LogP contribution in [0.4, 0.5) is 0 Å². The highest BCUT2D eigenvalue weighted by atomic mass is 35.5. The molecule has 0 amide bonds. The molecule has 1 aromatic carbocycles. The van der Waals surface area contributed by atoms with Crippen molar-refractivity contribution in [2.45, 2.75) is 38.1 Å². The van der Waals surface area contributed by atoms with E-state index in [1.807, 2.05) is 7.05 Å². The second-order valence-corrected chi connectivity index (χ2v) is 6.55. The molecule has 0 spiro atoms. The summed E-state index contributed by atoms with van der Waals surface area (Å²) >= 11 is 18.2. The maximum atomic E-state index is 6.13. The monoisotopic (exact) mass is 335 g/mol. The average Bonchev–Trinajstić information content (AvgIpc) is 2.43. The molecule has 1 aliphatic rings. The van der Waals surface area contributed by atoms with Crippen LogP contribution in [0, 0.1) is 5.92 Å². The second kappa shape index (κ2) is 7.74. The Labute approximate surface area is 135 Å². The molecule has 1 unspecified atom stereocenters. The smallest absolute Gasteiger partial charge is 0.156 e. The minimum atomic E-state index is 0.332. The number of hydrogen-bond acceptors (Lipinski definition) is 2. The van der Waals surface area contributed by atoms with Gasteiger partial charge in [-0.15, -0.1) is 0 Å². The van der Waals surface area contributed by atoms with Crippen molar-refractivity contribution in [3.05, 3.63) is 27.2 Å². The molecule has 0 aromatic heterocycles. The molecule has 0 bridgehead atoms. The van der Waals surface area contributed by atoms with Crippen LogP contribution in [0.5, 0.6) is 5.75 Å². The van der Waals surface area contributed by atoms with Crippen LogP contribution in [0.25, 0.3) is 0 Å². The Morgan fingerprint density at radius 1 is 1.15 bits per heavy atom. The van der Waals surface area contributed by atoms with Crippen LogP contribution in [-0.4, -0.2) is 19.7 Å². The van der Waals surface area contributed by atoms with E-state index in [1.165, 1.54) is 32.1 Å². The van der Waals surface area contributed by atoms with E-state index < -0.39 is 0 Å². The highest BCUT2D eigenvalue weighted by molar-refractivity contribution is 6.40. The van der Waals surface area contributed by atoms with Crippen LogP contribution in [0.2, 0.25) is 15.1 Å². The van der Waals surface area contributed by atoms with Gasteiger partial charge in [-0.1, -0.05) is 54.1 Å². The Hall–Kier alpha value is -0.150. The van der Waals surface area contributed by atoms with Crippen molar-refractivity contribution in [1.82, 2.24) is 5.32 Å². The number of likely N-dealkylation sites (N-methyl/N-ethyl adjacent to an activating group) is 1. The summed E-state index contributed by atoms with van der Waals surface area (Å²) in [7, 11) is 1.98. The summed E-state index contributed by atoms with van der Waals surface area (Å²) in [5.41, 5.74) is 0. The van der Waals surface area contributed by atoms with Gasteiger partial charge in [0.25, 0.3) is 0 Å². The maximum absolute atomic E-state index is 6.13. The lowest BCUT2D eigenvalue weighted by Crippen LogP contribution is -2.39. The largest absolute Gasteiger partial charge is 0.489 e. The molecule has 20 heavy (non-hydrogen) atoms. The zero-order valence-corrected chi connectivity index (χ0v) is 13.9. The molecule has 1 N–H and O–H groups in total. The minimum absolute atomic E-state index is 0.332. The highest BCUT2D eigenvalue weighted by Crippen LogP contribution is 2.36. The molecule has 112 valence electrons. The first-order valence-corrected chi connectivity index (χ1v) is 8.20. The third-order valence-electron chi connectivity index (χ3n) is 3.96. The van der Waals surface area contributed by atoms with Crippen molar-refractivity contribution >= 4 is 34.8 Å². The first-order chi connectivity index (χ1) is 9.61. The summed E-state index contributed by atoms with van der Waals surface area (Å²) in [6, 6.07) is 3.64. The Morgan fingerprint density at radius 2 is 1.75 bits per heavy atom. The SMILES string of the molecule is CNC(COc1c(Cl)cc(Cl)cc1Cl)C1CCCCC1. The molecule has 1 fully saturated rings. The highest BCUT2D eigenvalue weighted by Gasteiger charge is 2.23. The van der Waals surface area contributed by atoms with Crippen LogP contribution in [0.3, 0.4) is 0 Å². The summed E-state index contributed by atoms with van der Waals surface area (Å²) in [5.74, 6) is 1.19. The minimum Gasteiger partial charge on any atom is -0.489 e. The molecule has 1 aromatic rings. The van der Waals surface area contributed by atoms with Gasteiger partial charge in [0.15, 0.2) is 5.75 Å². The van der Waals surface area contributed by atoms with Gasteiger partial charge in [-0.05, 0) is 37.9 Å². The van der Waals surface area contributed by atoms with E-state index in [1.54, 1.807) is 12.1 Å². The third kappa shape index (κ3) is 4.17. The molecule has 1 atom stereocenters. The molecular formula is C15H20Cl3NO. The molecule has 2 nitrogen and oxygen atoms in total. The first kappa shape index (κ1) is 16.2. The van der Waals surface area contributed by atoms with Gasteiger partial charge >= 0.3 is 0 Å². The zero-order chi connectivity index (χ0) is 14.5. The molecule has 1 saturated carbocycles. The molecule has 1 aliphatic carbocycles. The van der Waals surface area contributed by atoms with Gasteiger partial charge in [0.2, 0.25) is 0 Å². The third-order valence-corrected chi connectivity index (χ3v) is 4.74. The lowest BCUT2D eigenvalue weighted by molar-refractivity contribution is 0.192. The normalized spacial score (nSPS) is 18.0. The van der Waals surface area contributed by atoms with E-state index in [0.717, 1.165) is 0 Å². The van der Waals surface area contributed by atoms with E-state index in [4.69, 9.17) is 39.5 Å². The summed E-state index contributed by atoms with van der Waals surface area (Å²) in [5, 5.41) is 4.79. The lowest BCUT2D eigenvalue weighted by Gasteiger charge is -2.30. The van der Waals surface area contributed by atoms with E-state index >= 15 is 0 Å². The quantitative estimate of drug-likeness (QED) is 0.798. The Morgan fingerprint density at radius 3 is 2.30 bits per heavy atom. The van der Waals surface area contributed by atoms with Gasteiger partial charge in [-0.3, -0.25) is 0 Å². The second-order valence-electron chi connectivity index (χ2n) is 5.30. The molecule has 0 heterocycles. The van der Waals surface area contributed by atoms with E-state index in [2.05, 4.69) is 5.32 Å². The van der Waals surface area contributed by atoms with E-state index in [9.17, 15) is 0 Å². The first-order valence-electron chi connectivity index (χ1n) is 7.06. The summed E-state index contributed by atoms with van der Waals surface area (Å²) in [4.78, 5) is 0. The Balaban J connectivity index is 1.99. The van der Waals surface area contributed by atoms with Crippen LogP contribution in [0.1, 0.15) is 32.1 Å². The lowest BCUT2D eigenvalue weighted by atomic mass is 9.84. The molecular weight excluding hydrogens is 317 g/mol. The van der Waals surface area contributed by atoms with Gasteiger partial charge in [-0.25, -0.2) is 0 Å². The topological polar surface area (TPSA) is 21.3 Å². The Bertz CT molecular complexity index is 424. The van der Waals surface area contributed by atoms with Crippen LogP contribution in [0.15, 0.2) is 12.1 Å². The van der Waals surface area contributed by atoms with E-state index in [0.29, 0.717) is 39.4 Å². The summed E-state index contributed by atoms with van der Waals surface area (Å²) < 4.78 is 5.84. The predicted octanol–water partition coefficient (Wildman–Crippen LogP) is 5.19. The standard InChI is InChI=1S/C15H20Cl3NO/c1-19-14(10-5-3-2-4-6-10)9-20-15-12(17)7-11(16)8-13(15)18/h7-8,10,14,19H,2-6,9H2,1H3. The van der Waals surface area contributed by atoms with E-state index in [-0.39, 0.29) is 0 Å². The fourth-order valence-corrected chi connectivity index (χ4v) is 3.76. The van der Waals surface area contributed by atoms with Crippen LogP contribution < -0.4 is 10.1 Å². The predicted molar refractivity (Wildman–Crippen MR) is 86.4 cm³/mol. The maximum Gasteiger partial charge on any atom is 0.156 e. The Kier molecular flexibility index (Phi) is 6.28. The zero-order valence-electron chi connectivity index (χ0n) is 11.6. The molecule has 5 heteroatoms. The van der Waals surface area contributed by atoms with Crippen LogP contribution in [-0.2, 0) is 0 Å². The summed E-state index contributed by atoms with van der Waals surface area (Å²) in [6.45, 7) is 0.572. The summed E-state index contributed by atoms with van der Waals surface area (Å²) in [6.07, 6.45) is 6.49. The number of nitrogens with one attached hydrogen (secondary N) is 1. The van der Waals surface area contributed by atoms with Gasteiger partial charge < -0.3 is 10.1 Å². The van der Waals surface area contributed by atoms with Gasteiger partial charge in [0.1, 0.15) is 6.61 Å².